The van der Waals surface area contributed by atoms with Crippen LogP contribution in [-0.4, -0.2) is 12.6 Å². The van der Waals surface area contributed by atoms with Crippen molar-refractivity contribution in [3.05, 3.63) is 59.9 Å². The van der Waals surface area contributed by atoms with Gasteiger partial charge in [-0.25, -0.2) is 4.39 Å². The molecule has 2 rings (SSSR count). The van der Waals surface area contributed by atoms with Crippen molar-refractivity contribution < 1.29 is 9.13 Å². The van der Waals surface area contributed by atoms with Gasteiger partial charge in [0.25, 0.3) is 0 Å². The van der Waals surface area contributed by atoms with Crippen LogP contribution in [-0.2, 0) is 6.42 Å². The fourth-order valence-electron chi connectivity index (χ4n) is 2.20. The van der Waals surface area contributed by atoms with Gasteiger partial charge in [0.2, 0.25) is 0 Å². The standard InChI is InChI=1S/C17H20FNO/c1-3-20-17-10-5-4-9-16(17)19-13(2)11-14-7-6-8-15(18)12-14/h4-10,12-13,19H,3,11H2,1-2H3. The highest BCUT2D eigenvalue weighted by atomic mass is 19.1. The van der Waals surface area contributed by atoms with Crippen LogP contribution in [0.5, 0.6) is 5.75 Å². The number of hydrogen-bond acceptors (Lipinski definition) is 2. The van der Waals surface area contributed by atoms with E-state index in [9.17, 15) is 4.39 Å². The van der Waals surface area contributed by atoms with Gasteiger partial charge in [-0.2, -0.15) is 0 Å². The lowest BCUT2D eigenvalue weighted by atomic mass is 10.1. The zero-order chi connectivity index (χ0) is 14.4. The maximum absolute atomic E-state index is 13.2. The highest BCUT2D eigenvalue weighted by Crippen LogP contribution is 2.24. The number of nitrogens with one attached hydrogen (secondary N) is 1. The predicted octanol–water partition coefficient (Wildman–Crippen LogP) is 4.27. The first-order valence-corrected chi connectivity index (χ1v) is 6.92. The van der Waals surface area contributed by atoms with E-state index >= 15 is 0 Å². The molecule has 0 aliphatic heterocycles. The molecular weight excluding hydrogens is 253 g/mol. The van der Waals surface area contributed by atoms with Gasteiger partial charge in [-0.3, -0.25) is 0 Å². The summed E-state index contributed by atoms with van der Waals surface area (Å²) in [4.78, 5) is 0. The molecule has 0 saturated carbocycles. The number of ether oxygens (including phenoxy) is 1. The molecule has 106 valence electrons. The van der Waals surface area contributed by atoms with Gasteiger partial charge >= 0.3 is 0 Å². The monoisotopic (exact) mass is 273 g/mol. The van der Waals surface area contributed by atoms with Gasteiger partial charge in [-0.1, -0.05) is 24.3 Å². The normalized spacial score (nSPS) is 11.9. The Morgan fingerprint density at radius 1 is 1.15 bits per heavy atom. The van der Waals surface area contributed by atoms with E-state index in [2.05, 4.69) is 12.2 Å². The van der Waals surface area contributed by atoms with E-state index in [0.29, 0.717) is 6.61 Å². The van der Waals surface area contributed by atoms with Crippen LogP contribution in [0.4, 0.5) is 10.1 Å². The Morgan fingerprint density at radius 3 is 2.70 bits per heavy atom. The summed E-state index contributed by atoms with van der Waals surface area (Å²) in [5.41, 5.74) is 1.96. The number of halogens is 1. The SMILES string of the molecule is CCOc1ccccc1NC(C)Cc1cccc(F)c1. The summed E-state index contributed by atoms with van der Waals surface area (Å²) in [6.45, 7) is 4.68. The van der Waals surface area contributed by atoms with Crippen molar-refractivity contribution in [1.82, 2.24) is 0 Å². The maximum atomic E-state index is 13.2. The quantitative estimate of drug-likeness (QED) is 0.848. The molecule has 0 aliphatic rings. The topological polar surface area (TPSA) is 21.3 Å². The number of rotatable bonds is 6. The Kier molecular flexibility index (Phi) is 4.99. The Labute approximate surface area is 119 Å². The molecule has 0 heterocycles. The van der Waals surface area contributed by atoms with Crippen molar-refractivity contribution in [3.8, 4) is 5.75 Å². The molecule has 0 bridgehead atoms. The average Bonchev–Trinajstić information content (AvgIpc) is 2.41. The molecule has 0 amide bonds. The van der Waals surface area contributed by atoms with E-state index in [1.807, 2.05) is 37.3 Å². The Morgan fingerprint density at radius 2 is 1.95 bits per heavy atom. The molecule has 0 aliphatic carbocycles. The largest absolute Gasteiger partial charge is 0.492 e. The molecule has 0 saturated heterocycles. The van der Waals surface area contributed by atoms with E-state index in [0.717, 1.165) is 23.4 Å². The van der Waals surface area contributed by atoms with E-state index in [4.69, 9.17) is 4.74 Å². The Hall–Kier alpha value is -2.03. The molecule has 0 aromatic heterocycles. The molecule has 1 atom stereocenters. The fourth-order valence-corrected chi connectivity index (χ4v) is 2.20. The fraction of sp³-hybridized carbons (Fsp3) is 0.294. The average molecular weight is 273 g/mol. The van der Waals surface area contributed by atoms with Crippen molar-refractivity contribution >= 4 is 5.69 Å². The van der Waals surface area contributed by atoms with Crippen LogP contribution in [0.2, 0.25) is 0 Å². The van der Waals surface area contributed by atoms with Crippen LogP contribution < -0.4 is 10.1 Å². The summed E-state index contributed by atoms with van der Waals surface area (Å²) in [5.74, 6) is 0.658. The first-order valence-electron chi connectivity index (χ1n) is 6.92. The van der Waals surface area contributed by atoms with Crippen LogP contribution >= 0.6 is 0 Å². The van der Waals surface area contributed by atoms with E-state index < -0.39 is 0 Å². The zero-order valence-corrected chi connectivity index (χ0v) is 11.9. The second kappa shape index (κ2) is 6.94. The third-order valence-corrected chi connectivity index (χ3v) is 3.02. The van der Waals surface area contributed by atoms with Gasteiger partial charge in [0.15, 0.2) is 0 Å². The van der Waals surface area contributed by atoms with Crippen LogP contribution in [0.1, 0.15) is 19.4 Å². The minimum Gasteiger partial charge on any atom is -0.492 e. The van der Waals surface area contributed by atoms with Crippen molar-refractivity contribution in [2.75, 3.05) is 11.9 Å². The van der Waals surface area contributed by atoms with Crippen LogP contribution in [0.15, 0.2) is 48.5 Å². The molecule has 0 radical (unpaired) electrons. The van der Waals surface area contributed by atoms with Gasteiger partial charge in [-0.15, -0.1) is 0 Å². The van der Waals surface area contributed by atoms with Crippen molar-refractivity contribution in [3.63, 3.8) is 0 Å². The predicted molar refractivity (Wildman–Crippen MR) is 80.8 cm³/mol. The van der Waals surface area contributed by atoms with Crippen molar-refractivity contribution in [2.24, 2.45) is 0 Å². The number of benzene rings is 2. The summed E-state index contributed by atoms with van der Waals surface area (Å²) in [5, 5.41) is 3.42. The molecule has 1 N–H and O–H groups in total. The third kappa shape index (κ3) is 3.98. The van der Waals surface area contributed by atoms with Crippen molar-refractivity contribution in [1.29, 1.82) is 0 Å². The van der Waals surface area contributed by atoms with Crippen molar-refractivity contribution in [2.45, 2.75) is 26.3 Å². The number of para-hydroxylation sites is 2. The minimum absolute atomic E-state index is 0.190. The lowest BCUT2D eigenvalue weighted by Crippen LogP contribution is -2.18. The van der Waals surface area contributed by atoms with Crippen LogP contribution in [0, 0.1) is 5.82 Å². The van der Waals surface area contributed by atoms with Crippen LogP contribution in [0.3, 0.4) is 0 Å². The Bertz CT molecular complexity index is 556. The first-order chi connectivity index (χ1) is 9.69. The highest BCUT2D eigenvalue weighted by Gasteiger charge is 2.08. The summed E-state index contributed by atoms with van der Waals surface area (Å²) in [7, 11) is 0. The molecule has 0 spiro atoms. The zero-order valence-electron chi connectivity index (χ0n) is 11.9. The smallest absolute Gasteiger partial charge is 0.142 e. The molecule has 2 aromatic rings. The molecule has 20 heavy (non-hydrogen) atoms. The van der Waals surface area contributed by atoms with E-state index in [1.54, 1.807) is 12.1 Å². The summed E-state index contributed by atoms with van der Waals surface area (Å²) in [6.07, 6.45) is 0.762. The third-order valence-electron chi connectivity index (χ3n) is 3.02. The molecule has 0 fully saturated rings. The summed E-state index contributed by atoms with van der Waals surface area (Å²) >= 11 is 0. The first kappa shape index (κ1) is 14.4. The van der Waals surface area contributed by atoms with E-state index in [1.165, 1.54) is 6.07 Å². The van der Waals surface area contributed by atoms with Gasteiger partial charge in [0, 0.05) is 6.04 Å². The van der Waals surface area contributed by atoms with Crippen LogP contribution in [0.25, 0.3) is 0 Å². The molecule has 3 heteroatoms. The van der Waals surface area contributed by atoms with Gasteiger partial charge in [0.1, 0.15) is 11.6 Å². The molecule has 2 aromatic carbocycles. The number of hydrogen-bond donors (Lipinski definition) is 1. The molecule has 1 unspecified atom stereocenters. The van der Waals surface area contributed by atoms with Gasteiger partial charge < -0.3 is 10.1 Å². The van der Waals surface area contributed by atoms with Gasteiger partial charge in [0.05, 0.1) is 12.3 Å². The summed E-state index contributed by atoms with van der Waals surface area (Å²) in [6, 6.07) is 14.8. The highest BCUT2D eigenvalue weighted by molar-refractivity contribution is 5.56. The molecule has 2 nitrogen and oxygen atoms in total. The van der Waals surface area contributed by atoms with E-state index in [-0.39, 0.29) is 11.9 Å². The second-order valence-electron chi connectivity index (χ2n) is 4.81. The van der Waals surface area contributed by atoms with Gasteiger partial charge in [-0.05, 0) is 50.1 Å². The minimum atomic E-state index is -0.190. The number of anilines is 1. The lowest BCUT2D eigenvalue weighted by Gasteiger charge is -2.18. The summed E-state index contributed by atoms with van der Waals surface area (Å²) < 4.78 is 18.8. The Balaban J connectivity index is 2.02. The lowest BCUT2D eigenvalue weighted by molar-refractivity contribution is 0.341. The second-order valence-corrected chi connectivity index (χ2v) is 4.81. The maximum Gasteiger partial charge on any atom is 0.142 e. The molecular formula is C17H20FNO.